The number of imidazole rings is 1. The van der Waals surface area contributed by atoms with Crippen molar-refractivity contribution in [3.8, 4) is 11.5 Å². The monoisotopic (exact) mass is 264 g/mol. The molecule has 0 saturated carbocycles. The summed E-state index contributed by atoms with van der Waals surface area (Å²) < 4.78 is 15.7. The average molecular weight is 264 g/mol. The molecule has 0 saturated heterocycles. The highest BCUT2D eigenvalue weighted by Gasteiger charge is 2.11. The van der Waals surface area contributed by atoms with Gasteiger partial charge in [0.25, 0.3) is 0 Å². The van der Waals surface area contributed by atoms with E-state index in [1.807, 2.05) is 12.1 Å². The summed E-state index contributed by atoms with van der Waals surface area (Å²) in [6.45, 7) is 2.86. The van der Waals surface area contributed by atoms with Crippen LogP contribution in [0.4, 0.5) is 0 Å². The fourth-order valence-electron chi connectivity index (χ4n) is 2.16. The van der Waals surface area contributed by atoms with Crippen LogP contribution in [0.5, 0.6) is 11.5 Å². The van der Waals surface area contributed by atoms with Gasteiger partial charge in [0, 0.05) is 32.3 Å². The Bertz CT molecular complexity index is 510. The van der Waals surface area contributed by atoms with Crippen molar-refractivity contribution in [2.75, 3.05) is 27.9 Å². The molecule has 0 aliphatic heterocycles. The molecule has 1 heterocycles. The second kappa shape index (κ2) is 5.93. The zero-order chi connectivity index (χ0) is 13.8. The van der Waals surface area contributed by atoms with E-state index in [2.05, 4.69) is 16.9 Å². The topological polar surface area (TPSA) is 56.4 Å². The maximum atomic E-state index is 5.28. The molecular weight excluding hydrogens is 244 g/mol. The highest BCUT2D eigenvalue weighted by atomic mass is 16.5. The number of H-pyrrole nitrogens is 1. The van der Waals surface area contributed by atoms with E-state index in [1.165, 1.54) is 0 Å². The normalized spacial score (nSPS) is 12.6. The number of methoxy groups -OCH3 is 3. The summed E-state index contributed by atoms with van der Waals surface area (Å²) in [5.74, 6) is 2.78. The molecule has 1 N–H and O–H groups in total. The molecule has 0 amide bonds. The Morgan fingerprint density at radius 2 is 1.84 bits per heavy atom. The molecule has 1 unspecified atom stereocenters. The third-order valence-corrected chi connectivity index (χ3v) is 3.03. The summed E-state index contributed by atoms with van der Waals surface area (Å²) >= 11 is 0. The van der Waals surface area contributed by atoms with Gasteiger partial charge in [0.05, 0.1) is 25.3 Å². The van der Waals surface area contributed by atoms with Gasteiger partial charge in [0.15, 0.2) is 11.5 Å². The van der Waals surface area contributed by atoms with Crippen molar-refractivity contribution in [1.82, 2.24) is 9.97 Å². The van der Waals surface area contributed by atoms with Gasteiger partial charge < -0.3 is 19.2 Å². The lowest BCUT2D eigenvalue weighted by molar-refractivity contribution is 0.159. The minimum absolute atomic E-state index is 0.425. The number of hydrogen-bond acceptors (Lipinski definition) is 4. The van der Waals surface area contributed by atoms with Crippen molar-refractivity contribution >= 4 is 11.0 Å². The highest BCUT2D eigenvalue weighted by molar-refractivity contribution is 5.79. The second-order valence-corrected chi connectivity index (χ2v) is 4.67. The van der Waals surface area contributed by atoms with Crippen LogP contribution < -0.4 is 9.47 Å². The molecular formula is C14H20N2O3. The maximum absolute atomic E-state index is 5.28. The van der Waals surface area contributed by atoms with Crippen molar-refractivity contribution in [1.29, 1.82) is 0 Å². The van der Waals surface area contributed by atoms with Crippen LogP contribution in [-0.2, 0) is 11.2 Å². The van der Waals surface area contributed by atoms with Crippen molar-refractivity contribution in [2.45, 2.75) is 13.3 Å². The first kappa shape index (κ1) is 13.7. The van der Waals surface area contributed by atoms with Crippen LogP contribution in [0.1, 0.15) is 12.7 Å². The summed E-state index contributed by atoms with van der Waals surface area (Å²) in [5, 5.41) is 0. The molecule has 0 radical (unpaired) electrons. The minimum Gasteiger partial charge on any atom is -0.493 e. The minimum atomic E-state index is 0.425. The summed E-state index contributed by atoms with van der Waals surface area (Å²) in [4.78, 5) is 7.88. The smallest absolute Gasteiger partial charge is 0.163 e. The molecule has 5 nitrogen and oxygen atoms in total. The lowest BCUT2D eigenvalue weighted by Gasteiger charge is -2.06. The van der Waals surface area contributed by atoms with Crippen molar-refractivity contribution in [2.24, 2.45) is 5.92 Å². The third-order valence-electron chi connectivity index (χ3n) is 3.03. The standard InChI is InChI=1S/C14H20N2O3/c1-9(8-17-2)5-14-15-10-6-12(18-3)13(19-4)7-11(10)16-14/h6-7,9H,5,8H2,1-4H3,(H,15,16). The molecule has 2 aromatic rings. The van der Waals surface area contributed by atoms with Crippen LogP contribution >= 0.6 is 0 Å². The Hall–Kier alpha value is -1.75. The molecule has 19 heavy (non-hydrogen) atoms. The van der Waals surface area contributed by atoms with E-state index >= 15 is 0 Å². The fraction of sp³-hybridized carbons (Fsp3) is 0.500. The SMILES string of the molecule is COCC(C)Cc1nc2cc(OC)c(OC)cc2[nH]1. The molecule has 5 heteroatoms. The van der Waals surface area contributed by atoms with E-state index in [0.29, 0.717) is 17.4 Å². The largest absolute Gasteiger partial charge is 0.493 e. The van der Waals surface area contributed by atoms with Gasteiger partial charge in [-0.05, 0) is 5.92 Å². The van der Waals surface area contributed by atoms with Crippen molar-refractivity contribution in [3.05, 3.63) is 18.0 Å². The van der Waals surface area contributed by atoms with Crippen LogP contribution in [0.15, 0.2) is 12.1 Å². The van der Waals surface area contributed by atoms with E-state index in [-0.39, 0.29) is 0 Å². The van der Waals surface area contributed by atoms with Gasteiger partial charge in [0.2, 0.25) is 0 Å². The molecule has 0 spiro atoms. The quantitative estimate of drug-likeness (QED) is 0.870. The number of rotatable bonds is 6. The summed E-state index contributed by atoms with van der Waals surface area (Å²) in [6, 6.07) is 3.79. The van der Waals surface area contributed by atoms with Crippen LogP contribution in [0.25, 0.3) is 11.0 Å². The van der Waals surface area contributed by atoms with Crippen molar-refractivity contribution in [3.63, 3.8) is 0 Å². The molecule has 0 aliphatic carbocycles. The third kappa shape index (κ3) is 2.98. The zero-order valence-corrected chi connectivity index (χ0v) is 11.8. The number of aromatic nitrogens is 2. The first-order valence-electron chi connectivity index (χ1n) is 6.27. The Labute approximate surface area is 112 Å². The van der Waals surface area contributed by atoms with Crippen LogP contribution in [0.3, 0.4) is 0 Å². The van der Waals surface area contributed by atoms with Crippen LogP contribution in [-0.4, -0.2) is 37.9 Å². The van der Waals surface area contributed by atoms with Gasteiger partial charge in [-0.2, -0.15) is 0 Å². The molecule has 0 aliphatic rings. The Balaban J connectivity index is 2.29. The number of fused-ring (bicyclic) bond motifs is 1. The predicted molar refractivity (Wildman–Crippen MR) is 73.9 cm³/mol. The van der Waals surface area contributed by atoms with E-state index in [9.17, 15) is 0 Å². The molecule has 2 rings (SSSR count). The Kier molecular flexibility index (Phi) is 4.27. The lowest BCUT2D eigenvalue weighted by atomic mass is 10.1. The molecule has 0 bridgehead atoms. The van der Waals surface area contributed by atoms with Gasteiger partial charge >= 0.3 is 0 Å². The molecule has 0 fully saturated rings. The number of aromatic amines is 1. The average Bonchev–Trinajstić information content (AvgIpc) is 2.78. The van der Waals surface area contributed by atoms with Gasteiger partial charge in [-0.3, -0.25) is 0 Å². The molecule has 1 aromatic carbocycles. The maximum Gasteiger partial charge on any atom is 0.163 e. The molecule has 104 valence electrons. The second-order valence-electron chi connectivity index (χ2n) is 4.67. The van der Waals surface area contributed by atoms with Gasteiger partial charge in [-0.1, -0.05) is 6.92 Å². The van der Waals surface area contributed by atoms with Gasteiger partial charge in [0.1, 0.15) is 5.82 Å². The summed E-state index contributed by atoms with van der Waals surface area (Å²) in [7, 11) is 4.96. The summed E-state index contributed by atoms with van der Waals surface area (Å²) in [6.07, 6.45) is 0.854. The first-order chi connectivity index (χ1) is 9.17. The zero-order valence-electron chi connectivity index (χ0n) is 11.8. The highest BCUT2D eigenvalue weighted by Crippen LogP contribution is 2.31. The summed E-state index contributed by atoms with van der Waals surface area (Å²) in [5.41, 5.74) is 1.84. The number of benzene rings is 1. The van der Waals surface area contributed by atoms with E-state index in [4.69, 9.17) is 14.2 Å². The fourth-order valence-corrected chi connectivity index (χ4v) is 2.16. The Morgan fingerprint density at radius 1 is 1.16 bits per heavy atom. The van der Waals surface area contributed by atoms with Crippen LogP contribution in [0.2, 0.25) is 0 Å². The van der Waals surface area contributed by atoms with E-state index in [0.717, 1.165) is 29.9 Å². The van der Waals surface area contributed by atoms with Gasteiger partial charge in [-0.25, -0.2) is 4.98 Å². The van der Waals surface area contributed by atoms with Crippen molar-refractivity contribution < 1.29 is 14.2 Å². The van der Waals surface area contributed by atoms with E-state index in [1.54, 1.807) is 21.3 Å². The predicted octanol–water partition coefficient (Wildman–Crippen LogP) is 2.41. The molecule has 1 atom stereocenters. The number of ether oxygens (including phenoxy) is 3. The van der Waals surface area contributed by atoms with Gasteiger partial charge in [-0.15, -0.1) is 0 Å². The molecule has 1 aromatic heterocycles. The number of hydrogen-bond donors (Lipinski definition) is 1. The lowest BCUT2D eigenvalue weighted by Crippen LogP contribution is -2.07. The van der Waals surface area contributed by atoms with E-state index < -0.39 is 0 Å². The van der Waals surface area contributed by atoms with Crippen LogP contribution in [0, 0.1) is 5.92 Å². The Morgan fingerprint density at radius 3 is 2.47 bits per heavy atom. The number of nitrogens with zero attached hydrogens (tertiary/aromatic N) is 1. The number of nitrogens with one attached hydrogen (secondary N) is 1. The first-order valence-corrected chi connectivity index (χ1v) is 6.27.